The van der Waals surface area contributed by atoms with Gasteiger partial charge in [-0.25, -0.2) is 0 Å². The number of halogens is 1. The Kier molecular flexibility index (Phi) is 4.90. The largest absolute Gasteiger partial charge is 0.301 e. The Bertz CT molecular complexity index is 238. The molecule has 3 heteroatoms. The van der Waals surface area contributed by atoms with E-state index in [1.54, 1.807) is 0 Å². The van der Waals surface area contributed by atoms with Crippen LogP contribution in [0.4, 0.5) is 0 Å². The fourth-order valence-electron chi connectivity index (χ4n) is 3.53. The first-order valence-corrected chi connectivity index (χ1v) is 8.30. The predicted molar refractivity (Wildman–Crippen MR) is 77.8 cm³/mol. The third-order valence-corrected chi connectivity index (χ3v) is 6.03. The maximum absolute atomic E-state index is 3.77. The summed E-state index contributed by atoms with van der Waals surface area (Å²) in [7, 11) is 2.28. The Hall–Kier alpha value is 0.400. The monoisotopic (exact) mass is 302 g/mol. The minimum absolute atomic E-state index is 0.591. The van der Waals surface area contributed by atoms with Crippen molar-refractivity contribution in [3.8, 4) is 0 Å². The van der Waals surface area contributed by atoms with Gasteiger partial charge in [0.2, 0.25) is 0 Å². The molecule has 0 spiro atoms. The van der Waals surface area contributed by atoms with Crippen LogP contribution >= 0.6 is 15.9 Å². The molecule has 2 nitrogen and oxygen atoms in total. The molecule has 100 valence electrons. The number of piperazine rings is 1. The summed E-state index contributed by atoms with van der Waals surface area (Å²) >= 11 is 3.77. The van der Waals surface area contributed by atoms with Gasteiger partial charge in [0.1, 0.15) is 0 Å². The van der Waals surface area contributed by atoms with Crippen LogP contribution in [0.15, 0.2) is 0 Å². The molecule has 1 heterocycles. The highest BCUT2D eigenvalue weighted by Crippen LogP contribution is 2.40. The smallest absolute Gasteiger partial charge is 0.0218 e. The molecule has 1 unspecified atom stereocenters. The SMILES string of the molecule is CCC1CN(CC2(CBr)CCCC2)CCN1C. The lowest BCUT2D eigenvalue weighted by molar-refractivity contribution is 0.0644. The second-order valence-electron chi connectivity index (χ2n) is 6.12. The van der Waals surface area contributed by atoms with E-state index in [1.807, 2.05) is 0 Å². The van der Waals surface area contributed by atoms with Gasteiger partial charge in [-0.05, 0) is 31.7 Å². The first-order chi connectivity index (χ1) is 8.19. The summed E-state index contributed by atoms with van der Waals surface area (Å²) in [6.07, 6.45) is 7.03. The zero-order chi connectivity index (χ0) is 12.3. The summed E-state index contributed by atoms with van der Waals surface area (Å²) in [5.41, 5.74) is 0.591. The van der Waals surface area contributed by atoms with E-state index in [0.717, 1.165) is 6.04 Å². The van der Waals surface area contributed by atoms with Crippen LogP contribution in [0, 0.1) is 5.41 Å². The van der Waals surface area contributed by atoms with Gasteiger partial charge < -0.3 is 4.90 Å². The third-order valence-electron chi connectivity index (χ3n) is 4.84. The van der Waals surface area contributed by atoms with Crippen LogP contribution < -0.4 is 0 Å². The number of hydrogen-bond acceptors (Lipinski definition) is 2. The zero-order valence-corrected chi connectivity index (χ0v) is 13.0. The van der Waals surface area contributed by atoms with Crippen molar-refractivity contribution in [3.05, 3.63) is 0 Å². The number of likely N-dealkylation sites (N-methyl/N-ethyl adjacent to an activating group) is 1. The topological polar surface area (TPSA) is 6.48 Å². The van der Waals surface area contributed by atoms with Gasteiger partial charge in [-0.2, -0.15) is 0 Å². The van der Waals surface area contributed by atoms with Crippen LogP contribution in [-0.4, -0.2) is 54.4 Å². The molecule has 0 N–H and O–H groups in total. The van der Waals surface area contributed by atoms with Crippen molar-refractivity contribution in [2.75, 3.05) is 38.6 Å². The average Bonchev–Trinajstić information content (AvgIpc) is 2.81. The van der Waals surface area contributed by atoms with Crippen LogP contribution in [0.3, 0.4) is 0 Å². The van der Waals surface area contributed by atoms with E-state index in [0.29, 0.717) is 5.41 Å². The summed E-state index contributed by atoms with van der Waals surface area (Å²) in [5, 5.41) is 1.20. The number of alkyl halides is 1. The lowest BCUT2D eigenvalue weighted by Crippen LogP contribution is -2.53. The van der Waals surface area contributed by atoms with E-state index in [9.17, 15) is 0 Å². The quantitative estimate of drug-likeness (QED) is 0.737. The number of hydrogen-bond donors (Lipinski definition) is 0. The minimum Gasteiger partial charge on any atom is -0.301 e. The Labute approximate surface area is 115 Å². The average molecular weight is 303 g/mol. The summed E-state index contributed by atoms with van der Waals surface area (Å²) < 4.78 is 0. The fourth-order valence-corrected chi connectivity index (χ4v) is 4.27. The fraction of sp³-hybridized carbons (Fsp3) is 1.00. The molecule has 0 aromatic rings. The van der Waals surface area contributed by atoms with Crippen LogP contribution in [-0.2, 0) is 0 Å². The van der Waals surface area contributed by atoms with Crippen LogP contribution in [0.25, 0.3) is 0 Å². The van der Waals surface area contributed by atoms with Gasteiger partial charge in [0.15, 0.2) is 0 Å². The first kappa shape index (κ1) is 13.8. The van der Waals surface area contributed by atoms with Gasteiger partial charge in [0.25, 0.3) is 0 Å². The van der Waals surface area contributed by atoms with Crippen LogP contribution in [0.5, 0.6) is 0 Å². The highest BCUT2D eigenvalue weighted by atomic mass is 79.9. The summed E-state index contributed by atoms with van der Waals surface area (Å²) in [5.74, 6) is 0. The Morgan fingerprint density at radius 1 is 1.24 bits per heavy atom. The highest BCUT2D eigenvalue weighted by Gasteiger charge is 2.36. The van der Waals surface area contributed by atoms with E-state index in [2.05, 4.69) is 39.7 Å². The predicted octanol–water partition coefficient (Wildman–Crippen LogP) is 2.97. The molecule has 2 fully saturated rings. The third kappa shape index (κ3) is 3.24. The van der Waals surface area contributed by atoms with Crippen molar-refractivity contribution in [2.24, 2.45) is 5.41 Å². The van der Waals surface area contributed by atoms with Gasteiger partial charge >= 0.3 is 0 Å². The Balaban J connectivity index is 1.90. The molecule has 0 bridgehead atoms. The van der Waals surface area contributed by atoms with Gasteiger partial charge in [0.05, 0.1) is 0 Å². The second kappa shape index (κ2) is 6.03. The Morgan fingerprint density at radius 3 is 2.53 bits per heavy atom. The molecule has 0 amide bonds. The molecule has 0 aromatic heterocycles. The van der Waals surface area contributed by atoms with E-state index < -0.39 is 0 Å². The maximum Gasteiger partial charge on any atom is 0.0218 e. The van der Waals surface area contributed by atoms with Crippen molar-refractivity contribution in [1.82, 2.24) is 9.80 Å². The van der Waals surface area contributed by atoms with Crippen molar-refractivity contribution >= 4 is 15.9 Å². The molecule has 17 heavy (non-hydrogen) atoms. The van der Waals surface area contributed by atoms with E-state index in [4.69, 9.17) is 0 Å². The van der Waals surface area contributed by atoms with Gasteiger partial charge in [-0.1, -0.05) is 35.7 Å². The van der Waals surface area contributed by atoms with Crippen LogP contribution in [0.1, 0.15) is 39.0 Å². The maximum atomic E-state index is 3.77. The van der Waals surface area contributed by atoms with Gasteiger partial charge in [-0.15, -0.1) is 0 Å². The summed E-state index contributed by atoms with van der Waals surface area (Å²) in [6.45, 7) is 7.43. The number of nitrogens with zero attached hydrogens (tertiary/aromatic N) is 2. The van der Waals surface area contributed by atoms with E-state index >= 15 is 0 Å². The van der Waals surface area contributed by atoms with E-state index in [-0.39, 0.29) is 0 Å². The van der Waals surface area contributed by atoms with Crippen molar-refractivity contribution < 1.29 is 0 Å². The molecule has 1 aliphatic heterocycles. The molecule has 0 aromatic carbocycles. The van der Waals surface area contributed by atoms with Crippen molar-refractivity contribution in [3.63, 3.8) is 0 Å². The van der Waals surface area contributed by atoms with E-state index in [1.165, 1.54) is 63.6 Å². The lowest BCUT2D eigenvalue weighted by atomic mass is 9.87. The molecule has 1 saturated heterocycles. The molecule has 2 rings (SSSR count). The first-order valence-electron chi connectivity index (χ1n) is 7.18. The minimum atomic E-state index is 0.591. The molecule has 2 aliphatic rings. The molecular weight excluding hydrogens is 276 g/mol. The number of rotatable bonds is 4. The lowest BCUT2D eigenvalue weighted by Gasteiger charge is -2.42. The second-order valence-corrected chi connectivity index (χ2v) is 6.68. The summed E-state index contributed by atoms with van der Waals surface area (Å²) in [6, 6.07) is 0.775. The van der Waals surface area contributed by atoms with Gasteiger partial charge in [-0.3, -0.25) is 4.90 Å². The molecular formula is C14H27BrN2. The summed E-state index contributed by atoms with van der Waals surface area (Å²) in [4.78, 5) is 5.26. The standard InChI is InChI=1S/C14H27BrN2/c1-3-13-10-17(9-8-16(13)2)12-14(11-15)6-4-5-7-14/h13H,3-12H2,1-2H3. The molecule has 1 saturated carbocycles. The Morgan fingerprint density at radius 2 is 1.94 bits per heavy atom. The van der Waals surface area contributed by atoms with Crippen molar-refractivity contribution in [1.29, 1.82) is 0 Å². The van der Waals surface area contributed by atoms with Crippen molar-refractivity contribution in [2.45, 2.75) is 45.1 Å². The highest BCUT2D eigenvalue weighted by molar-refractivity contribution is 9.09. The zero-order valence-electron chi connectivity index (χ0n) is 11.4. The normalized spacial score (nSPS) is 30.9. The van der Waals surface area contributed by atoms with Gasteiger partial charge in [0, 0.05) is 37.6 Å². The van der Waals surface area contributed by atoms with Crippen LogP contribution in [0.2, 0.25) is 0 Å². The molecule has 1 atom stereocenters. The molecule has 1 aliphatic carbocycles. The molecule has 0 radical (unpaired) electrons.